The first-order valence-electron chi connectivity index (χ1n) is 9.10. The zero-order chi connectivity index (χ0) is 20.0. The Balaban J connectivity index is 1.60. The second-order valence-corrected chi connectivity index (χ2v) is 9.82. The van der Waals surface area contributed by atoms with E-state index in [1.807, 2.05) is 59.5 Å². The van der Waals surface area contributed by atoms with E-state index in [0.717, 1.165) is 15.8 Å². The van der Waals surface area contributed by atoms with Gasteiger partial charge in [0.05, 0.1) is 18.1 Å². The zero-order valence-electron chi connectivity index (χ0n) is 15.4. The van der Waals surface area contributed by atoms with Gasteiger partial charge in [-0.2, -0.15) is 0 Å². The number of amides is 1. The third-order valence-electron chi connectivity index (χ3n) is 4.57. The molecule has 0 bridgehead atoms. The van der Waals surface area contributed by atoms with Crippen LogP contribution in [0.4, 0.5) is 0 Å². The molecule has 1 unspecified atom stereocenters. The second-order valence-electron chi connectivity index (χ2n) is 6.60. The van der Waals surface area contributed by atoms with Crippen molar-refractivity contribution in [1.29, 1.82) is 0 Å². The van der Waals surface area contributed by atoms with Gasteiger partial charge in [0.25, 0.3) is 0 Å². The Morgan fingerprint density at radius 3 is 2.50 bits per heavy atom. The van der Waals surface area contributed by atoms with Crippen molar-refractivity contribution < 1.29 is 17.9 Å². The fourth-order valence-electron chi connectivity index (χ4n) is 3.14. The van der Waals surface area contributed by atoms with Gasteiger partial charge >= 0.3 is 0 Å². The number of nitrogens with one attached hydrogen (secondary N) is 1. The third-order valence-corrected chi connectivity index (χ3v) is 6.68. The van der Waals surface area contributed by atoms with Crippen LogP contribution in [0.1, 0.15) is 11.6 Å². The lowest BCUT2D eigenvalue weighted by Gasteiger charge is -2.33. The number of carbonyl (C=O) groups is 1. The molecule has 0 aliphatic carbocycles. The number of carbonyl (C=O) groups excluding carboxylic acids is 1. The summed E-state index contributed by atoms with van der Waals surface area (Å²) in [6, 6.07) is 16.4. The van der Waals surface area contributed by atoms with E-state index in [1.165, 1.54) is 0 Å². The first-order valence-corrected chi connectivity index (χ1v) is 11.7. The Labute approximate surface area is 173 Å². The van der Waals surface area contributed by atoms with Gasteiger partial charge in [-0.05, 0) is 23.8 Å². The zero-order valence-corrected chi connectivity index (χ0v) is 17.8. The molecule has 6 nitrogen and oxygen atoms in total. The van der Waals surface area contributed by atoms with Crippen molar-refractivity contribution >= 4 is 31.7 Å². The number of rotatable bonds is 7. The van der Waals surface area contributed by atoms with Crippen molar-refractivity contribution in [2.45, 2.75) is 6.04 Å². The molecule has 1 aliphatic heterocycles. The van der Waals surface area contributed by atoms with Crippen molar-refractivity contribution in [3.8, 4) is 5.75 Å². The smallest absolute Gasteiger partial charge is 0.242 e. The summed E-state index contributed by atoms with van der Waals surface area (Å²) in [6.07, 6.45) is 0. The molecule has 1 atom stereocenters. The average Bonchev–Trinajstić information content (AvgIpc) is 2.68. The maximum atomic E-state index is 12.9. The van der Waals surface area contributed by atoms with E-state index in [0.29, 0.717) is 26.2 Å². The van der Waals surface area contributed by atoms with Crippen LogP contribution in [0.5, 0.6) is 5.75 Å². The SMILES string of the molecule is O=C(NCCOc1cccc(Br)c1)C(c1ccccc1)N1CCS(=O)(=O)CC1. The molecular weight excluding hydrogens is 444 g/mol. The molecule has 8 heteroatoms. The largest absolute Gasteiger partial charge is 0.492 e. The molecule has 1 amide bonds. The van der Waals surface area contributed by atoms with E-state index in [4.69, 9.17) is 4.74 Å². The van der Waals surface area contributed by atoms with Crippen molar-refractivity contribution in [2.75, 3.05) is 37.7 Å². The minimum Gasteiger partial charge on any atom is -0.492 e. The quantitative estimate of drug-likeness (QED) is 0.634. The number of sulfone groups is 1. The summed E-state index contributed by atoms with van der Waals surface area (Å²) < 4.78 is 30.1. The molecule has 0 aromatic heterocycles. The van der Waals surface area contributed by atoms with E-state index in [-0.39, 0.29) is 17.4 Å². The minimum absolute atomic E-state index is 0.0790. The minimum atomic E-state index is -3.01. The molecule has 0 saturated carbocycles. The van der Waals surface area contributed by atoms with Gasteiger partial charge in [0.1, 0.15) is 18.4 Å². The summed E-state index contributed by atoms with van der Waals surface area (Å²) in [5.74, 6) is 0.735. The Bertz CT molecular complexity index is 891. The first-order chi connectivity index (χ1) is 13.4. The maximum Gasteiger partial charge on any atom is 0.242 e. The normalized spacial score (nSPS) is 17.6. The number of halogens is 1. The van der Waals surface area contributed by atoms with Gasteiger partial charge < -0.3 is 10.1 Å². The summed E-state index contributed by atoms with van der Waals surface area (Å²) in [4.78, 5) is 14.8. The maximum absolute atomic E-state index is 12.9. The molecular formula is C20H23BrN2O4S. The second kappa shape index (κ2) is 9.54. The molecule has 0 radical (unpaired) electrons. The highest BCUT2D eigenvalue weighted by Gasteiger charge is 2.32. The lowest BCUT2D eigenvalue weighted by Crippen LogP contribution is -2.48. The third kappa shape index (κ3) is 5.80. The summed E-state index contributed by atoms with van der Waals surface area (Å²) in [5, 5.41) is 2.92. The van der Waals surface area contributed by atoms with E-state index in [9.17, 15) is 13.2 Å². The number of ether oxygens (including phenoxy) is 1. The van der Waals surface area contributed by atoms with E-state index in [2.05, 4.69) is 21.2 Å². The highest BCUT2D eigenvalue weighted by molar-refractivity contribution is 9.10. The molecule has 2 aromatic rings. The van der Waals surface area contributed by atoms with Crippen LogP contribution in [0.3, 0.4) is 0 Å². The number of nitrogens with zero attached hydrogens (tertiary/aromatic N) is 1. The molecule has 1 aliphatic rings. The number of benzene rings is 2. The highest BCUT2D eigenvalue weighted by atomic mass is 79.9. The van der Waals surface area contributed by atoms with Crippen molar-refractivity contribution in [3.63, 3.8) is 0 Å². The van der Waals surface area contributed by atoms with Gasteiger partial charge in [-0.25, -0.2) is 8.42 Å². The van der Waals surface area contributed by atoms with Crippen LogP contribution >= 0.6 is 15.9 Å². The average molecular weight is 467 g/mol. The molecule has 28 heavy (non-hydrogen) atoms. The first kappa shape index (κ1) is 20.8. The van der Waals surface area contributed by atoms with Crippen LogP contribution in [0.25, 0.3) is 0 Å². The van der Waals surface area contributed by atoms with Gasteiger partial charge in [0.15, 0.2) is 9.84 Å². The summed E-state index contributed by atoms with van der Waals surface area (Å²) in [7, 11) is -3.01. The van der Waals surface area contributed by atoms with E-state index < -0.39 is 15.9 Å². The van der Waals surface area contributed by atoms with E-state index in [1.54, 1.807) is 0 Å². The van der Waals surface area contributed by atoms with Gasteiger partial charge in [0.2, 0.25) is 5.91 Å². The molecule has 0 spiro atoms. The fourth-order valence-corrected chi connectivity index (χ4v) is 4.75. The predicted molar refractivity (Wildman–Crippen MR) is 112 cm³/mol. The lowest BCUT2D eigenvalue weighted by atomic mass is 10.0. The van der Waals surface area contributed by atoms with Crippen molar-refractivity contribution in [1.82, 2.24) is 10.2 Å². The topological polar surface area (TPSA) is 75.7 Å². The van der Waals surface area contributed by atoms with E-state index >= 15 is 0 Å². The van der Waals surface area contributed by atoms with Crippen molar-refractivity contribution in [3.05, 3.63) is 64.6 Å². The van der Waals surface area contributed by atoms with Crippen LogP contribution in [0.15, 0.2) is 59.1 Å². The Kier molecular flexibility index (Phi) is 7.09. The standard InChI is InChI=1S/C20H23BrN2O4S/c21-17-7-4-8-18(15-17)27-12-9-22-20(24)19(16-5-2-1-3-6-16)23-10-13-28(25,26)14-11-23/h1-8,15,19H,9-14H2,(H,22,24). The molecule has 1 N–H and O–H groups in total. The number of hydrogen-bond acceptors (Lipinski definition) is 5. The molecule has 150 valence electrons. The molecule has 1 saturated heterocycles. The molecule has 3 rings (SSSR count). The lowest BCUT2D eigenvalue weighted by molar-refractivity contribution is -0.126. The van der Waals surface area contributed by atoms with Crippen LogP contribution in [-0.4, -0.2) is 57.0 Å². The van der Waals surface area contributed by atoms with Gasteiger partial charge in [0, 0.05) is 17.6 Å². The Morgan fingerprint density at radius 2 is 1.82 bits per heavy atom. The monoisotopic (exact) mass is 466 g/mol. The molecule has 1 heterocycles. The number of hydrogen-bond donors (Lipinski definition) is 1. The fraction of sp³-hybridized carbons (Fsp3) is 0.350. The van der Waals surface area contributed by atoms with Crippen LogP contribution in [0.2, 0.25) is 0 Å². The molecule has 1 fully saturated rings. The Hall–Kier alpha value is -1.90. The van der Waals surface area contributed by atoms with Crippen LogP contribution < -0.4 is 10.1 Å². The van der Waals surface area contributed by atoms with Crippen molar-refractivity contribution in [2.24, 2.45) is 0 Å². The summed E-state index contributed by atoms with van der Waals surface area (Å²) >= 11 is 3.39. The summed E-state index contributed by atoms with van der Waals surface area (Å²) in [6.45, 7) is 1.41. The van der Waals surface area contributed by atoms with Gasteiger partial charge in [-0.15, -0.1) is 0 Å². The predicted octanol–water partition coefficient (Wildman–Crippen LogP) is 2.42. The summed E-state index contributed by atoms with van der Waals surface area (Å²) in [5.41, 5.74) is 0.854. The Morgan fingerprint density at radius 1 is 1.11 bits per heavy atom. The van der Waals surface area contributed by atoms with Gasteiger partial charge in [-0.1, -0.05) is 52.3 Å². The molecule has 2 aromatic carbocycles. The van der Waals surface area contributed by atoms with Crippen LogP contribution in [0, 0.1) is 0 Å². The highest BCUT2D eigenvalue weighted by Crippen LogP contribution is 2.23. The van der Waals surface area contributed by atoms with Crippen LogP contribution in [-0.2, 0) is 14.6 Å². The van der Waals surface area contributed by atoms with Gasteiger partial charge in [-0.3, -0.25) is 9.69 Å².